The van der Waals surface area contributed by atoms with Crippen molar-refractivity contribution in [3.8, 4) is 24.2 Å². The van der Waals surface area contributed by atoms with Crippen LogP contribution in [-0.4, -0.2) is 17.6 Å². The van der Waals surface area contributed by atoms with Crippen molar-refractivity contribution >= 4 is 17.6 Å². The van der Waals surface area contributed by atoms with E-state index in [9.17, 15) is 4.79 Å². The van der Waals surface area contributed by atoms with Gasteiger partial charge in [0.05, 0.1) is 5.92 Å². The molecule has 1 amide bonds. The summed E-state index contributed by atoms with van der Waals surface area (Å²) in [6.07, 6.45) is 19.3. The van der Waals surface area contributed by atoms with E-state index in [1.807, 2.05) is 44.2 Å². The number of terminal acetylenes is 1. The fourth-order valence-electron chi connectivity index (χ4n) is 2.04. The summed E-state index contributed by atoms with van der Waals surface area (Å²) in [5, 5.41) is 5.72. The molecule has 28 heavy (non-hydrogen) atoms. The number of hydrogen-bond donors (Lipinski definition) is 2. The van der Waals surface area contributed by atoms with Gasteiger partial charge in [-0.15, -0.1) is 6.42 Å². The molecule has 0 saturated carbocycles. The summed E-state index contributed by atoms with van der Waals surface area (Å²) < 4.78 is 0. The predicted octanol–water partition coefficient (Wildman–Crippen LogP) is 3.62. The number of guanidine groups is 1. The molecule has 0 radical (unpaired) electrons. The van der Waals surface area contributed by atoms with Crippen LogP contribution in [0.25, 0.3) is 0 Å². The highest BCUT2D eigenvalue weighted by molar-refractivity contribution is 6.00. The van der Waals surface area contributed by atoms with Gasteiger partial charge in [-0.1, -0.05) is 61.6 Å². The minimum atomic E-state index is -0.173. The van der Waals surface area contributed by atoms with Gasteiger partial charge in [0.25, 0.3) is 0 Å². The second-order valence-corrected chi connectivity index (χ2v) is 5.72. The second kappa shape index (κ2) is 12.7. The third-order valence-electron chi connectivity index (χ3n) is 3.53. The van der Waals surface area contributed by atoms with Crippen molar-refractivity contribution in [1.82, 2.24) is 10.6 Å². The molecule has 1 aliphatic carbocycles. The van der Waals surface area contributed by atoms with Crippen LogP contribution in [0, 0.1) is 30.1 Å². The lowest BCUT2D eigenvalue weighted by molar-refractivity contribution is -0.120. The van der Waals surface area contributed by atoms with Crippen molar-refractivity contribution in [2.75, 3.05) is 0 Å². The Bertz CT molecular complexity index is 865. The first-order valence-corrected chi connectivity index (χ1v) is 9.00. The van der Waals surface area contributed by atoms with Gasteiger partial charge in [-0.2, -0.15) is 4.99 Å². The molecule has 0 saturated heterocycles. The minimum absolute atomic E-state index is 0.134. The van der Waals surface area contributed by atoms with Crippen molar-refractivity contribution < 1.29 is 4.79 Å². The third-order valence-corrected chi connectivity index (χ3v) is 3.53. The van der Waals surface area contributed by atoms with Gasteiger partial charge in [0.2, 0.25) is 11.9 Å². The Morgan fingerprint density at radius 1 is 1.39 bits per heavy atom. The quantitative estimate of drug-likeness (QED) is 0.323. The van der Waals surface area contributed by atoms with E-state index in [1.165, 1.54) is 0 Å². The maximum atomic E-state index is 11.6. The molecule has 1 unspecified atom stereocenters. The van der Waals surface area contributed by atoms with Crippen LogP contribution >= 0.6 is 0 Å². The van der Waals surface area contributed by atoms with Crippen LogP contribution in [0.2, 0.25) is 0 Å². The molecule has 1 aliphatic rings. The van der Waals surface area contributed by atoms with Crippen LogP contribution in [-0.2, 0) is 4.79 Å². The van der Waals surface area contributed by atoms with E-state index in [4.69, 9.17) is 6.42 Å². The van der Waals surface area contributed by atoms with Gasteiger partial charge in [0.1, 0.15) is 5.82 Å². The molecule has 0 aromatic carbocycles. The topological polar surface area (TPSA) is 65.8 Å². The molecule has 5 nitrogen and oxygen atoms in total. The summed E-state index contributed by atoms with van der Waals surface area (Å²) in [6, 6.07) is 0. The SMILES string of the molecule is C#C/C=C\C(=C/C)NC(=N/C(=C)NC(=O)CC)/N=C(\C)C1C#CC/C=C\C=C/1. The van der Waals surface area contributed by atoms with Crippen LogP contribution in [0.15, 0.2) is 70.6 Å². The average Bonchev–Trinajstić information content (AvgIpc) is 2.64. The fraction of sp³-hybridized carbons (Fsp3) is 0.261. The van der Waals surface area contributed by atoms with Gasteiger partial charge < -0.3 is 10.6 Å². The van der Waals surface area contributed by atoms with Crippen LogP contribution in [0.1, 0.15) is 33.6 Å². The maximum absolute atomic E-state index is 11.6. The highest BCUT2D eigenvalue weighted by Crippen LogP contribution is 2.06. The normalized spacial score (nSPS) is 19.5. The van der Waals surface area contributed by atoms with Gasteiger partial charge >= 0.3 is 0 Å². The minimum Gasteiger partial charge on any atom is -0.324 e. The van der Waals surface area contributed by atoms with E-state index in [2.05, 4.69) is 45.0 Å². The van der Waals surface area contributed by atoms with E-state index in [0.717, 1.165) is 5.71 Å². The number of carbonyl (C=O) groups is 1. The number of hydrogen-bond acceptors (Lipinski definition) is 2. The zero-order valence-electron chi connectivity index (χ0n) is 16.6. The lowest BCUT2D eigenvalue weighted by atomic mass is 10.0. The molecular weight excluding hydrogens is 348 g/mol. The number of amides is 1. The van der Waals surface area contributed by atoms with Gasteiger partial charge in [-0.05, 0) is 26.0 Å². The molecular formula is C23H26N4O. The fourth-order valence-corrected chi connectivity index (χ4v) is 2.04. The first kappa shape index (κ1) is 22.5. The molecule has 2 N–H and O–H groups in total. The standard InChI is InChI=1S/C23H26N4O/c1-6-9-17-21(7-2)27-23(26-19(5)25-22(28)8-3)24-18(4)20-15-13-11-10-12-14-16-20/h1,7,9-11,13,15,17,20H,5,8,12H2,2-4H3,(H,25,28)(H,26,27)/b11-10-,15-13-,17-9-,21-7+,24-18+. The van der Waals surface area contributed by atoms with Crippen molar-refractivity contribution in [1.29, 1.82) is 0 Å². The zero-order valence-corrected chi connectivity index (χ0v) is 16.6. The predicted molar refractivity (Wildman–Crippen MR) is 117 cm³/mol. The Hall–Kier alpha value is -3.57. The van der Waals surface area contributed by atoms with E-state index < -0.39 is 0 Å². The molecule has 0 heterocycles. The summed E-state index contributed by atoms with van der Waals surface area (Å²) in [5.74, 6) is 8.88. The van der Waals surface area contributed by atoms with Crippen molar-refractivity contribution in [3.63, 3.8) is 0 Å². The second-order valence-electron chi connectivity index (χ2n) is 5.72. The summed E-state index contributed by atoms with van der Waals surface area (Å²) in [4.78, 5) is 20.5. The first-order chi connectivity index (χ1) is 13.5. The van der Waals surface area contributed by atoms with Gasteiger partial charge in [0.15, 0.2) is 0 Å². The van der Waals surface area contributed by atoms with Crippen LogP contribution in [0.5, 0.6) is 0 Å². The van der Waals surface area contributed by atoms with Crippen LogP contribution in [0.3, 0.4) is 0 Å². The van der Waals surface area contributed by atoms with E-state index in [0.29, 0.717) is 18.5 Å². The molecule has 5 heteroatoms. The summed E-state index contributed by atoms with van der Waals surface area (Å²) >= 11 is 0. The molecule has 1 atom stereocenters. The maximum Gasteiger partial charge on any atom is 0.229 e. The first-order valence-electron chi connectivity index (χ1n) is 9.00. The number of carbonyl (C=O) groups excluding carboxylic acids is 1. The molecule has 0 aromatic heterocycles. The van der Waals surface area contributed by atoms with Crippen molar-refractivity contribution in [3.05, 3.63) is 60.6 Å². The van der Waals surface area contributed by atoms with Crippen molar-refractivity contribution in [2.24, 2.45) is 15.9 Å². The van der Waals surface area contributed by atoms with E-state index in [1.54, 1.807) is 19.1 Å². The Balaban J connectivity index is 3.18. The molecule has 1 rings (SSSR count). The Kier molecular flexibility index (Phi) is 10.2. The van der Waals surface area contributed by atoms with Gasteiger partial charge in [-0.3, -0.25) is 4.79 Å². The number of rotatable bonds is 6. The smallest absolute Gasteiger partial charge is 0.229 e. The summed E-state index contributed by atoms with van der Waals surface area (Å²) in [5.41, 5.74) is 1.47. The molecule has 0 aromatic rings. The van der Waals surface area contributed by atoms with Gasteiger partial charge in [-0.25, -0.2) is 4.99 Å². The van der Waals surface area contributed by atoms with Crippen molar-refractivity contribution in [2.45, 2.75) is 33.6 Å². The third kappa shape index (κ3) is 8.69. The number of nitrogens with one attached hydrogen (secondary N) is 2. The number of nitrogens with zero attached hydrogens (tertiary/aromatic N) is 2. The monoisotopic (exact) mass is 374 g/mol. The van der Waals surface area contributed by atoms with E-state index in [-0.39, 0.29) is 23.6 Å². The van der Waals surface area contributed by atoms with E-state index >= 15 is 0 Å². The molecule has 0 spiro atoms. The Morgan fingerprint density at radius 3 is 2.86 bits per heavy atom. The van der Waals surface area contributed by atoms with Gasteiger partial charge in [0, 0.05) is 24.3 Å². The number of allylic oxidation sites excluding steroid dienone is 7. The largest absolute Gasteiger partial charge is 0.324 e. The Labute approximate surface area is 167 Å². The lowest BCUT2D eigenvalue weighted by Crippen LogP contribution is -2.26. The Morgan fingerprint density at radius 2 is 2.18 bits per heavy atom. The molecule has 0 aliphatic heterocycles. The molecule has 0 fully saturated rings. The lowest BCUT2D eigenvalue weighted by Gasteiger charge is -2.11. The summed E-state index contributed by atoms with van der Waals surface area (Å²) in [7, 11) is 0. The summed E-state index contributed by atoms with van der Waals surface area (Å²) in [6.45, 7) is 9.27. The molecule has 144 valence electrons. The zero-order chi connectivity index (χ0) is 20.8. The highest BCUT2D eigenvalue weighted by Gasteiger charge is 2.09. The highest BCUT2D eigenvalue weighted by atomic mass is 16.1. The molecule has 0 bridgehead atoms. The average molecular weight is 374 g/mol. The number of aliphatic imine (C=N–C) groups is 2. The van der Waals surface area contributed by atoms with Crippen LogP contribution in [0.4, 0.5) is 0 Å². The van der Waals surface area contributed by atoms with Crippen LogP contribution < -0.4 is 10.6 Å².